The lowest BCUT2D eigenvalue weighted by atomic mass is 9.80. The van der Waals surface area contributed by atoms with E-state index in [0.29, 0.717) is 12.8 Å². The predicted molar refractivity (Wildman–Crippen MR) is 51.0 cm³/mol. The van der Waals surface area contributed by atoms with E-state index < -0.39 is 11.5 Å². The van der Waals surface area contributed by atoms with Crippen LogP contribution in [0.2, 0.25) is 0 Å². The van der Waals surface area contributed by atoms with E-state index in [1.807, 2.05) is 0 Å². The second-order valence-electron chi connectivity index (χ2n) is 4.14. The third kappa shape index (κ3) is 3.26. The number of hydrogen-bond acceptors (Lipinski definition) is 1. The highest BCUT2D eigenvalue weighted by atomic mass is 19.3. The Hall–Kier alpha value is -0.620. The predicted octanol–water partition coefficient (Wildman–Crippen LogP) is 2.73. The number of rotatable bonds is 3. The first-order valence-corrected chi connectivity index (χ1v) is 5.01. The van der Waals surface area contributed by atoms with Crippen molar-refractivity contribution in [1.82, 2.24) is 0 Å². The number of hydrogen-bond donors (Lipinski definition) is 1. The molecule has 0 amide bonds. The van der Waals surface area contributed by atoms with Crippen molar-refractivity contribution in [3.05, 3.63) is 0 Å². The molecule has 0 aromatic rings. The molecule has 1 rings (SSSR count). The molecule has 0 saturated heterocycles. The van der Waals surface area contributed by atoms with Gasteiger partial charge >= 0.3 is 0 Å². The summed E-state index contributed by atoms with van der Waals surface area (Å²) in [5.74, 6) is -0.0896. The van der Waals surface area contributed by atoms with Gasteiger partial charge in [-0.05, 0) is 25.7 Å². The van der Waals surface area contributed by atoms with Crippen molar-refractivity contribution in [1.29, 1.82) is 0 Å². The molecule has 0 heterocycles. The average Bonchev–Trinajstić information content (AvgIpc) is 2.12. The zero-order valence-electron chi connectivity index (χ0n) is 8.23. The molecule has 0 bridgehead atoms. The fourth-order valence-electron chi connectivity index (χ4n) is 1.85. The van der Waals surface area contributed by atoms with E-state index in [1.54, 1.807) is 0 Å². The van der Waals surface area contributed by atoms with Gasteiger partial charge in [0.2, 0.25) is 5.92 Å². The molecule has 1 N–H and O–H groups in total. The van der Waals surface area contributed by atoms with Gasteiger partial charge in [0.05, 0.1) is 5.60 Å². The van der Waals surface area contributed by atoms with Crippen LogP contribution >= 0.6 is 0 Å². The molecule has 1 saturated carbocycles. The van der Waals surface area contributed by atoms with Gasteiger partial charge in [-0.15, -0.1) is 12.3 Å². The highest BCUT2D eigenvalue weighted by molar-refractivity contribution is 4.90. The van der Waals surface area contributed by atoms with Crippen molar-refractivity contribution < 1.29 is 13.9 Å². The van der Waals surface area contributed by atoms with Gasteiger partial charge in [-0.3, -0.25) is 0 Å². The first-order valence-electron chi connectivity index (χ1n) is 5.01. The maximum absolute atomic E-state index is 12.8. The fourth-order valence-corrected chi connectivity index (χ4v) is 1.85. The molecule has 80 valence electrons. The quantitative estimate of drug-likeness (QED) is 0.551. The van der Waals surface area contributed by atoms with Crippen LogP contribution in [-0.2, 0) is 0 Å². The molecule has 3 heteroatoms. The van der Waals surface area contributed by atoms with Gasteiger partial charge in [-0.1, -0.05) is 0 Å². The van der Waals surface area contributed by atoms with Gasteiger partial charge in [0.15, 0.2) is 0 Å². The van der Waals surface area contributed by atoms with Crippen LogP contribution in [0.3, 0.4) is 0 Å². The van der Waals surface area contributed by atoms with Crippen LogP contribution in [0.4, 0.5) is 8.78 Å². The average molecular weight is 202 g/mol. The zero-order valence-corrected chi connectivity index (χ0v) is 8.23. The zero-order chi connectivity index (χ0) is 10.7. The Morgan fingerprint density at radius 2 is 1.79 bits per heavy atom. The Morgan fingerprint density at radius 3 is 2.29 bits per heavy atom. The van der Waals surface area contributed by atoms with E-state index in [-0.39, 0.29) is 25.7 Å². The molecule has 0 aromatic carbocycles. The van der Waals surface area contributed by atoms with Crippen LogP contribution in [0, 0.1) is 12.3 Å². The van der Waals surface area contributed by atoms with Crippen LogP contribution < -0.4 is 0 Å². The van der Waals surface area contributed by atoms with Crippen molar-refractivity contribution in [3.63, 3.8) is 0 Å². The lowest BCUT2D eigenvalue weighted by Gasteiger charge is -2.35. The first kappa shape index (κ1) is 11.5. The Morgan fingerprint density at radius 1 is 1.21 bits per heavy atom. The minimum absolute atomic E-state index is 0.195. The van der Waals surface area contributed by atoms with Crippen LogP contribution in [0.5, 0.6) is 0 Å². The third-order valence-electron chi connectivity index (χ3n) is 2.88. The largest absolute Gasteiger partial charge is 0.390 e. The molecule has 0 aromatic heterocycles. The summed E-state index contributed by atoms with van der Waals surface area (Å²) in [6.07, 6.45) is 6.97. The van der Waals surface area contributed by atoms with Gasteiger partial charge in [0.25, 0.3) is 0 Å². The smallest absolute Gasteiger partial charge is 0.248 e. The van der Waals surface area contributed by atoms with Gasteiger partial charge in [-0.2, -0.15) is 0 Å². The van der Waals surface area contributed by atoms with Crippen molar-refractivity contribution in [2.24, 2.45) is 0 Å². The van der Waals surface area contributed by atoms with Gasteiger partial charge in [0, 0.05) is 19.3 Å². The maximum atomic E-state index is 12.8. The number of unbranched alkanes of at least 4 members (excludes halogenated alkanes) is 1. The molecule has 1 fully saturated rings. The van der Waals surface area contributed by atoms with Crippen molar-refractivity contribution in [3.8, 4) is 12.3 Å². The van der Waals surface area contributed by atoms with Gasteiger partial charge < -0.3 is 5.11 Å². The first-order chi connectivity index (χ1) is 6.47. The van der Waals surface area contributed by atoms with E-state index in [0.717, 1.165) is 6.42 Å². The summed E-state index contributed by atoms with van der Waals surface area (Å²) >= 11 is 0. The molecule has 0 aliphatic heterocycles. The van der Waals surface area contributed by atoms with Crippen molar-refractivity contribution >= 4 is 0 Å². The molecule has 0 atom stereocenters. The molecule has 1 aliphatic carbocycles. The summed E-state index contributed by atoms with van der Waals surface area (Å²) in [7, 11) is 0. The minimum atomic E-state index is -2.57. The topological polar surface area (TPSA) is 20.2 Å². The Kier molecular flexibility index (Phi) is 3.49. The van der Waals surface area contributed by atoms with Gasteiger partial charge in [0.1, 0.15) is 0 Å². The summed E-state index contributed by atoms with van der Waals surface area (Å²) in [4.78, 5) is 0. The van der Waals surface area contributed by atoms with Crippen LogP contribution in [0.1, 0.15) is 44.9 Å². The molecule has 14 heavy (non-hydrogen) atoms. The fraction of sp³-hybridized carbons (Fsp3) is 0.818. The second kappa shape index (κ2) is 4.27. The van der Waals surface area contributed by atoms with Crippen LogP contribution in [0.25, 0.3) is 0 Å². The lowest BCUT2D eigenvalue weighted by Crippen LogP contribution is -2.38. The van der Waals surface area contributed by atoms with E-state index in [4.69, 9.17) is 6.42 Å². The SMILES string of the molecule is C#CCCCC1(O)CCC(F)(F)CC1. The number of halogens is 2. The normalized spacial score (nSPS) is 24.1. The molecule has 0 unspecified atom stereocenters. The molecular formula is C11H16F2O. The molecule has 1 nitrogen and oxygen atoms in total. The second-order valence-corrected chi connectivity index (χ2v) is 4.14. The van der Waals surface area contributed by atoms with Gasteiger partial charge in [-0.25, -0.2) is 8.78 Å². The van der Waals surface area contributed by atoms with E-state index >= 15 is 0 Å². The van der Waals surface area contributed by atoms with E-state index in [2.05, 4.69) is 5.92 Å². The Bertz CT molecular complexity index is 220. The summed E-state index contributed by atoms with van der Waals surface area (Å²) in [5.41, 5.74) is -0.890. The highest BCUT2D eigenvalue weighted by Crippen LogP contribution is 2.40. The summed E-state index contributed by atoms with van der Waals surface area (Å²) in [6.45, 7) is 0. The molecule has 0 spiro atoms. The highest BCUT2D eigenvalue weighted by Gasteiger charge is 2.41. The summed E-state index contributed by atoms with van der Waals surface area (Å²) in [5, 5.41) is 9.93. The van der Waals surface area contributed by atoms with Crippen molar-refractivity contribution in [2.45, 2.75) is 56.5 Å². The number of alkyl halides is 2. The summed E-state index contributed by atoms with van der Waals surface area (Å²) < 4.78 is 25.6. The lowest BCUT2D eigenvalue weighted by molar-refractivity contribution is -0.106. The Balaban J connectivity index is 2.34. The third-order valence-corrected chi connectivity index (χ3v) is 2.88. The molecular weight excluding hydrogens is 186 g/mol. The minimum Gasteiger partial charge on any atom is -0.390 e. The number of terminal acetylenes is 1. The van der Waals surface area contributed by atoms with Crippen LogP contribution in [0.15, 0.2) is 0 Å². The summed E-state index contributed by atoms with van der Waals surface area (Å²) in [6, 6.07) is 0. The van der Waals surface area contributed by atoms with Crippen LogP contribution in [-0.4, -0.2) is 16.6 Å². The van der Waals surface area contributed by atoms with E-state index in [1.165, 1.54) is 0 Å². The molecule has 0 radical (unpaired) electrons. The van der Waals surface area contributed by atoms with E-state index in [9.17, 15) is 13.9 Å². The Labute approximate surface area is 83.5 Å². The monoisotopic (exact) mass is 202 g/mol. The standard InChI is InChI=1S/C11H16F2O/c1-2-3-4-5-10(14)6-8-11(12,13)9-7-10/h1,14H,3-9H2. The molecule has 1 aliphatic rings. The van der Waals surface area contributed by atoms with Crippen molar-refractivity contribution in [2.75, 3.05) is 0 Å². The number of aliphatic hydroxyl groups is 1. The maximum Gasteiger partial charge on any atom is 0.248 e.